The molecule has 2 N–H and O–H groups in total. The fraction of sp³-hybridized carbons (Fsp3) is 0.438. The van der Waals surface area contributed by atoms with Gasteiger partial charge in [0.15, 0.2) is 0 Å². The maximum absolute atomic E-state index is 12.2. The molecule has 2 aliphatic carbocycles. The standard InChI is InChI=1S/C16H18BrNO2/c17-12-4-2-11(3-5-12)14-8-15(14)16(20)18-13-6-1-10(7-13)9-19/h1-6,10,13-15,19H,7-9H2,(H,18,20)/t10-,13+,14?,15?/m0/s1. The Morgan fingerprint density at radius 2 is 2.00 bits per heavy atom. The van der Waals surface area contributed by atoms with Crippen molar-refractivity contribution < 1.29 is 9.90 Å². The first-order valence-corrected chi connectivity index (χ1v) is 7.81. The van der Waals surface area contributed by atoms with Crippen molar-refractivity contribution in [3.05, 3.63) is 46.5 Å². The van der Waals surface area contributed by atoms with Crippen LogP contribution in [0.4, 0.5) is 0 Å². The Balaban J connectivity index is 1.53. The molecule has 1 saturated carbocycles. The number of nitrogens with one attached hydrogen (secondary N) is 1. The lowest BCUT2D eigenvalue weighted by molar-refractivity contribution is -0.122. The van der Waals surface area contributed by atoms with Crippen molar-refractivity contribution in [3.63, 3.8) is 0 Å². The minimum atomic E-state index is 0.0887. The highest BCUT2D eigenvalue weighted by molar-refractivity contribution is 9.10. The summed E-state index contributed by atoms with van der Waals surface area (Å²) in [6, 6.07) is 8.30. The molecule has 20 heavy (non-hydrogen) atoms. The Bertz CT molecular complexity index is 526. The number of aliphatic hydroxyl groups excluding tert-OH is 1. The zero-order chi connectivity index (χ0) is 14.1. The fourth-order valence-corrected chi connectivity index (χ4v) is 3.13. The van der Waals surface area contributed by atoms with E-state index in [0.29, 0.717) is 5.92 Å². The summed E-state index contributed by atoms with van der Waals surface area (Å²) < 4.78 is 1.06. The van der Waals surface area contributed by atoms with Crippen LogP contribution in [0, 0.1) is 11.8 Å². The summed E-state index contributed by atoms with van der Waals surface area (Å²) in [6.45, 7) is 0.161. The molecule has 0 radical (unpaired) electrons. The van der Waals surface area contributed by atoms with Gasteiger partial charge in [0.25, 0.3) is 0 Å². The van der Waals surface area contributed by atoms with E-state index >= 15 is 0 Å². The van der Waals surface area contributed by atoms with Gasteiger partial charge in [-0.05, 0) is 36.5 Å². The molecule has 4 heteroatoms. The first-order valence-electron chi connectivity index (χ1n) is 7.02. The fourth-order valence-electron chi connectivity index (χ4n) is 2.87. The third-order valence-corrected chi connectivity index (χ3v) is 4.69. The van der Waals surface area contributed by atoms with E-state index in [2.05, 4.69) is 33.4 Å². The van der Waals surface area contributed by atoms with E-state index in [9.17, 15) is 4.79 Å². The highest BCUT2D eigenvalue weighted by Gasteiger charge is 2.44. The van der Waals surface area contributed by atoms with Gasteiger partial charge < -0.3 is 10.4 Å². The summed E-state index contributed by atoms with van der Waals surface area (Å²) >= 11 is 3.42. The van der Waals surface area contributed by atoms with Gasteiger partial charge >= 0.3 is 0 Å². The third-order valence-electron chi connectivity index (χ3n) is 4.16. The second-order valence-corrected chi connectivity index (χ2v) is 6.59. The van der Waals surface area contributed by atoms with Gasteiger partial charge in [0, 0.05) is 29.0 Å². The first-order chi connectivity index (χ1) is 9.67. The number of aliphatic hydroxyl groups is 1. The second kappa shape index (κ2) is 5.70. The SMILES string of the molecule is O=C(N[C@@H]1C=C[C@H](CO)C1)C1CC1c1ccc(Br)cc1. The molecule has 4 atom stereocenters. The lowest BCUT2D eigenvalue weighted by atomic mass is 10.1. The first kappa shape index (κ1) is 13.8. The molecule has 2 aliphatic rings. The van der Waals surface area contributed by atoms with Crippen LogP contribution < -0.4 is 5.32 Å². The van der Waals surface area contributed by atoms with Gasteiger partial charge in [0.2, 0.25) is 5.91 Å². The summed E-state index contributed by atoms with van der Waals surface area (Å²) in [7, 11) is 0. The molecule has 106 valence electrons. The normalized spacial score (nSPS) is 31.3. The number of carbonyl (C=O) groups is 1. The van der Waals surface area contributed by atoms with Crippen LogP contribution >= 0.6 is 15.9 Å². The summed E-state index contributed by atoms with van der Waals surface area (Å²) in [5.74, 6) is 0.813. The molecule has 1 fully saturated rings. The van der Waals surface area contributed by atoms with E-state index in [4.69, 9.17) is 5.11 Å². The molecule has 0 aliphatic heterocycles. The Hall–Kier alpha value is -1.13. The predicted molar refractivity (Wildman–Crippen MR) is 81.3 cm³/mol. The van der Waals surface area contributed by atoms with Gasteiger partial charge in [-0.15, -0.1) is 0 Å². The highest BCUT2D eigenvalue weighted by Crippen LogP contribution is 2.47. The maximum Gasteiger partial charge on any atom is 0.224 e. The van der Waals surface area contributed by atoms with Crippen molar-refractivity contribution >= 4 is 21.8 Å². The summed E-state index contributed by atoms with van der Waals surface area (Å²) in [5, 5.41) is 12.2. The molecule has 2 unspecified atom stereocenters. The van der Waals surface area contributed by atoms with E-state index in [1.165, 1.54) is 5.56 Å². The number of hydrogen-bond donors (Lipinski definition) is 2. The van der Waals surface area contributed by atoms with Crippen LogP contribution in [0.2, 0.25) is 0 Å². The molecule has 0 aromatic heterocycles. The van der Waals surface area contributed by atoms with E-state index in [0.717, 1.165) is 17.3 Å². The molecule has 1 aromatic rings. The average molecular weight is 336 g/mol. The quantitative estimate of drug-likeness (QED) is 0.831. The second-order valence-electron chi connectivity index (χ2n) is 5.68. The molecule has 1 aromatic carbocycles. The minimum absolute atomic E-state index is 0.0887. The van der Waals surface area contributed by atoms with Crippen LogP contribution in [-0.4, -0.2) is 23.7 Å². The van der Waals surface area contributed by atoms with Crippen LogP contribution in [-0.2, 0) is 4.79 Å². The molecule has 3 nitrogen and oxygen atoms in total. The number of benzene rings is 1. The average Bonchev–Trinajstić information content (AvgIpc) is 3.13. The Morgan fingerprint density at radius 3 is 2.65 bits per heavy atom. The number of hydrogen-bond acceptors (Lipinski definition) is 2. The lowest BCUT2D eigenvalue weighted by Crippen LogP contribution is -2.34. The molecule has 0 spiro atoms. The van der Waals surface area contributed by atoms with E-state index < -0.39 is 0 Å². The summed E-state index contributed by atoms with van der Waals surface area (Å²) in [5.41, 5.74) is 1.24. The Morgan fingerprint density at radius 1 is 1.25 bits per heavy atom. The van der Waals surface area contributed by atoms with E-state index in [-0.39, 0.29) is 30.4 Å². The van der Waals surface area contributed by atoms with Crippen molar-refractivity contribution in [1.29, 1.82) is 0 Å². The zero-order valence-corrected chi connectivity index (χ0v) is 12.7. The number of rotatable bonds is 4. The summed E-state index contributed by atoms with van der Waals surface area (Å²) in [6.07, 6.45) is 5.74. The smallest absolute Gasteiger partial charge is 0.224 e. The topological polar surface area (TPSA) is 49.3 Å². The van der Waals surface area contributed by atoms with Gasteiger partial charge in [-0.25, -0.2) is 0 Å². The molecule has 0 heterocycles. The third kappa shape index (κ3) is 2.96. The number of amides is 1. The molecular weight excluding hydrogens is 318 g/mol. The number of halogens is 1. The largest absolute Gasteiger partial charge is 0.396 e. The monoisotopic (exact) mass is 335 g/mol. The van der Waals surface area contributed by atoms with Crippen molar-refractivity contribution in [3.8, 4) is 0 Å². The zero-order valence-electron chi connectivity index (χ0n) is 11.1. The molecular formula is C16H18BrNO2. The van der Waals surface area contributed by atoms with Gasteiger partial charge in [-0.2, -0.15) is 0 Å². The van der Waals surface area contributed by atoms with Crippen molar-refractivity contribution in [2.24, 2.45) is 11.8 Å². The number of carbonyl (C=O) groups excluding carboxylic acids is 1. The van der Waals surface area contributed by atoms with Crippen molar-refractivity contribution in [1.82, 2.24) is 5.32 Å². The molecule has 3 rings (SSSR count). The van der Waals surface area contributed by atoms with Crippen LogP contribution in [0.25, 0.3) is 0 Å². The van der Waals surface area contributed by atoms with Gasteiger partial charge in [-0.3, -0.25) is 4.79 Å². The van der Waals surface area contributed by atoms with Gasteiger partial charge in [-0.1, -0.05) is 40.2 Å². The van der Waals surface area contributed by atoms with Crippen molar-refractivity contribution in [2.75, 3.05) is 6.61 Å². The summed E-state index contributed by atoms with van der Waals surface area (Å²) in [4.78, 5) is 12.2. The van der Waals surface area contributed by atoms with Crippen molar-refractivity contribution in [2.45, 2.75) is 24.8 Å². The van der Waals surface area contributed by atoms with E-state index in [1.807, 2.05) is 24.3 Å². The molecule has 0 bridgehead atoms. The van der Waals surface area contributed by atoms with E-state index in [1.54, 1.807) is 0 Å². The predicted octanol–water partition coefficient (Wildman–Crippen LogP) is 2.61. The van der Waals surface area contributed by atoms with Gasteiger partial charge in [0.05, 0.1) is 0 Å². The molecule has 0 saturated heterocycles. The van der Waals surface area contributed by atoms with Gasteiger partial charge in [0.1, 0.15) is 0 Å². The highest BCUT2D eigenvalue weighted by atomic mass is 79.9. The van der Waals surface area contributed by atoms with Crippen LogP contribution in [0.3, 0.4) is 0 Å². The maximum atomic E-state index is 12.2. The van der Waals surface area contributed by atoms with Crippen LogP contribution in [0.5, 0.6) is 0 Å². The molecule has 1 amide bonds. The Labute approximate surface area is 127 Å². The Kier molecular flexibility index (Phi) is 3.94. The lowest BCUT2D eigenvalue weighted by Gasteiger charge is -2.12. The minimum Gasteiger partial charge on any atom is -0.396 e. The van der Waals surface area contributed by atoms with Crippen LogP contribution in [0.1, 0.15) is 24.3 Å². The van der Waals surface area contributed by atoms with Crippen LogP contribution in [0.15, 0.2) is 40.9 Å².